The summed E-state index contributed by atoms with van der Waals surface area (Å²) in [6.07, 6.45) is 43.7. The number of carbonyl (C=O) groups excluding carboxylic acids is 1. The Bertz CT molecular complexity index is 1250. The van der Waals surface area contributed by atoms with E-state index in [1.807, 2.05) is 0 Å². The van der Waals surface area contributed by atoms with Crippen molar-refractivity contribution in [2.24, 2.45) is 0 Å². The van der Waals surface area contributed by atoms with Crippen molar-refractivity contribution in [3.63, 3.8) is 0 Å². The normalized spacial score (nSPS) is 19.6. The highest BCUT2D eigenvalue weighted by molar-refractivity contribution is 7.80. The van der Waals surface area contributed by atoms with Gasteiger partial charge in [-0.2, -0.15) is 8.42 Å². The smallest absolute Gasteiger partial charge is 0.397 e. The third-order valence-corrected chi connectivity index (χ3v) is 13.0. The third kappa shape index (κ3) is 37.5. The van der Waals surface area contributed by atoms with E-state index in [1.54, 1.807) is 0 Å². The molecule has 0 bridgehead atoms. The number of unbranched alkanes of at least 4 members (excludes halogenated alkanes) is 31. The maximum Gasteiger partial charge on any atom is 0.397 e. The van der Waals surface area contributed by atoms with Crippen LogP contribution in [-0.2, 0) is 38.3 Å². The van der Waals surface area contributed by atoms with Crippen LogP contribution in [0.1, 0.15) is 245 Å². The Morgan fingerprint density at radius 3 is 1.48 bits per heavy atom. The Morgan fingerprint density at radius 2 is 1.02 bits per heavy atom. The number of carbonyl (C=O) groups is 1. The van der Waals surface area contributed by atoms with Crippen molar-refractivity contribution in [3.8, 4) is 0 Å². The van der Waals surface area contributed by atoms with E-state index in [9.17, 15) is 33.1 Å². The lowest BCUT2D eigenvalue weighted by Gasteiger charge is -2.41. The molecule has 12 nitrogen and oxygen atoms in total. The second kappa shape index (κ2) is 44.8. The first-order valence-corrected chi connectivity index (χ1v) is 28.5. The highest BCUT2D eigenvalue weighted by atomic mass is 32.3. The van der Waals surface area contributed by atoms with Crippen molar-refractivity contribution in [2.75, 3.05) is 26.4 Å². The van der Waals surface area contributed by atoms with Gasteiger partial charge >= 0.3 is 16.4 Å². The standard InChI is InChI=1S/C53H100O12S/c1-3-5-7-9-11-13-15-17-19-20-21-22-23-24-25-26-27-28-29-31-33-35-37-39-41-43-61-45-47(46-62-53-51(57)52(65-66(58,59)60)50(56)48(44-54)64-53)63-49(55)42-40-38-36-34-32-30-18-16-14-12-10-8-6-4-2/h10,12,16,18,47-48,50-54,56-57H,3-9,11,13-15,17,19-46H2,1-2H3,(H,58,59,60)/b12-10-,18-16-. The maximum atomic E-state index is 12.9. The zero-order valence-corrected chi connectivity index (χ0v) is 42.8. The van der Waals surface area contributed by atoms with Crippen LogP contribution in [0.25, 0.3) is 0 Å². The average Bonchev–Trinajstić information content (AvgIpc) is 3.29. The molecule has 0 spiro atoms. The number of esters is 1. The van der Waals surface area contributed by atoms with Crippen LogP contribution in [-0.4, -0.2) is 97.5 Å². The Morgan fingerprint density at radius 1 is 0.576 bits per heavy atom. The van der Waals surface area contributed by atoms with Crippen molar-refractivity contribution < 1.29 is 56.2 Å². The van der Waals surface area contributed by atoms with E-state index in [1.165, 1.54) is 154 Å². The first-order chi connectivity index (χ1) is 32.1. The van der Waals surface area contributed by atoms with Crippen LogP contribution in [0.15, 0.2) is 24.3 Å². The van der Waals surface area contributed by atoms with Crippen molar-refractivity contribution in [1.29, 1.82) is 0 Å². The van der Waals surface area contributed by atoms with Gasteiger partial charge in [0.15, 0.2) is 6.29 Å². The van der Waals surface area contributed by atoms with Crippen LogP contribution in [0.4, 0.5) is 0 Å². The minimum absolute atomic E-state index is 0.0347. The minimum Gasteiger partial charge on any atom is -0.457 e. The number of hydrogen-bond donors (Lipinski definition) is 4. The molecule has 1 saturated heterocycles. The number of aliphatic hydroxyl groups excluding tert-OH is 3. The topological polar surface area (TPSA) is 178 Å². The van der Waals surface area contributed by atoms with Crippen LogP contribution < -0.4 is 0 Å². The van der Waals surface area contributed by atoms with Crippen molar-refractivity contribution >= 4 is 16.4 Å². The Kier molecular flexibility index (Phi) is 42.5. The Labute approximate surface area is 403 Å². The molecular weight excluding hydrogens is 861 g/mol. The van der Waals surface area contributed by atoms with Gasteiger partial charge in [0.2, 0.25) is 0 Å². The first kappa shape index (κ1) is 62.6. The van der Waals surface area contributed by atoms with E-state index in [0.717, 1.165) is 64.2 Å². The minimum atomic E-state index is -5.06. The molecular formula is C53H100O12S. The summed E-state index contributed by atoms with van der Waals surface area (Å²) >= 11 is 0. The highest BCUT2D eigenvalue weighted by Gasteiger charge is 2.48. The van der Waals surface area contributed by atoms with Crippen molar-refractivity contribution in [2.45, 2.75) is 282 Å². The summed E-state index contributed by atoms with van der Waals surface area (Å²) in [5.41, 5.74) is 0. The van der Waals surface area contributed by atoms with Gasteiger partial charge in [0, 0.05) is 13.0 Å². The monoisotopic (exact) mass is 961 g/mol. The molecule has 0 aromatic rings. The lowest BCUT2D eigenvalue weighted by atomic mass is 9.99. The molecule has 1 rings (SSSR count). The predicted octanol–water partition coefficient (Wildman–Crippen LogP) is 12.8. The van der Waals surface area contributed by atoms with Gasteiger partial charge in [0.25, 0.3) is 0 Å². The van der Waals surface area contributed by atoms with E-state index in [2.05, 4.69) is 42.3 Å². The first-order valence-electron chi connectivity index (χ1n) is 27.1. The summed E-state index contributed by atoms with van der Waals surface area (Å²) < 4.78 is 59.3. The lowest BCUT2D eigenvalue weighted by molar-refractivity contribution is -0.301. The highest BCUT2D eigenvalue weighted by Crippen LogP contribution is 2.26. The molecule has 0 amide bonds. The third-order valence-electron chi connectivity index (χ3n) is 12.6. The lowest BCUT2D eigenvalue weighted by Crippen LogP contribution is -2.60. The molecule has 0 radical (unpaired) electrons. The van der Waals surface area contributed by atoms with Gasteiger partial charge in [-0.15, -0.1) is 0 Å². The molecule has 1 aliphatic rings. The summed E-state index contributed by atoms with van der Waals surface area (Å²) in [6.45, 7) is 3.98. The van der Waals surface area contributed by atoms with Gasteiger partial charge in [-0.25, -0.2) is 4.18 Å². The zero-order chi connectivity index (χ0) is 48.2. The summed E-state index contributed by atoms with van der Waals surface area (Å²) in [6, 6.07) is 0. The molecule has 6 unspecified atom stereocenters. The van der Waals surface area contributed by atoms with Gasteiger partial charge in [-0.3, -0.25) is 9.35 Å². The Hall–Kier alpha value is -1.42. The molecule has 0 aliphatic carbocycles. The van der Waals surface area contributed by atoms with Crippen molar-refractivity contribution in [3.05, 3.63) is 24.3 Å². The summed E-state index contributed by atoms with van der Waals surface area (Å²) in [7, 11) is -5.06. The van der Waals surface area contributed by atoms with Gasteiger partial charge in [-0.1, -0.05) is 224 Å². The van der Waals surface area contributed by atoms with E-state index in [0.29, 0.717) is 13.0 Å². The molecule has 0 aromatic carbocycles. The fraction of sp³-hybridized carbons (Fsp3) is 0.906. The summed E-state index contributed by atoms with van der Waals surface area (Å²) in [5.74, 6) is -0.409. The molecule has 1 fully saturated rings. The van der Waals surface area contributed by atoms with E-state index >= 15 is 0 Å². The molecule has 0 aromatic heterocycles. The van der Waals surface area contributed by atoms with Crippen LogP contribution in [0.5, 0.6) is 0 Å². The molecule has 4 N–H and O–H groups in total. The number of rotatable bonds is 48. The summed E-state index contributed by atoms with van der Waals surface area (Å²) in [5, 5.41) is 30.8. The Balaban J connectivity index is 2.27. The van der Waals surface area contributed by atoms with Crippen molar-refractivity contribution in [1.82, 2.24) is 0 Å². The van der Waals surface area contributed by atoms with Gasteiger partial charge < -0.3 is 34.3 Å². The zero-order valence-electron chi connectivity index (χ0n) is 42.0. The quantitative estimate of drug-likeness (QED) is 0.0197. The molecule has 66 heavy (non-hydrogen) atoms. The van der Waals surface area contributed by atoms with Crippen LogP contribution in [0.3, 0.4) is 0 Å². The number of allylic oxidation sites excluding steroid dienone is 4. The number of ether oxygens (including phenoxy) is 4. The molecule has 6 atom stereocenters. The number of aliphatic hydroxyl groups is 3. The van der Waals surface area contributed by atoms with Crippen LogP contribution in [0.2, 0.25) is 0 Å². The maximum absolute atomic E-state index is 12.9. The fourth-order valence-electron chi connectivity index (χ4n) is 8.46. The van der Waals surface area contributed by atoms with Crippen LogP contribution >= 0.6 is 0 Å². The van der Waals surface area contributed by atoms with Crippen LogP contribution in [0, 0.1) is 0 Å². The SMILES string of the molecule is CCCC/C=C\C/C=C\CCCCCCCC(=O)OC(COCCCCCCCCCCCCCCCCCCCCCCCCCCC)COC1OC(CO)C(O)C(OS(=O)(=O)O)C1O. The molecule has 390 valence electrons. The fourth-order valence-corrected chi connectivity index (χ4v) is 8.97. The molecule has 13 heteroatoms. The molecule has 1 heterocycles. The predicted molar refractivity (Wildman–Crippen MR) is 267 cm³/mol. The van der Waals surface area contributed by atoms with E-state index in [-0.39, 0.29) is 19.6 Å². The van der Waals surface area contributed by atoms with E-state index < -0.39 is 59.8 Å². The molecule has 0 saturated carbocycles. The van der Waals surface area contributed by atoms with E-state index in [4.69, 9.17) is 18.9 Å². The summed E-state index contributed by atoms with van der Waals surface area (Å²) in [4.78, 5) is 12.9. The van der Waals surface area contributed by atoms with Gasteiger partial charge in [-0.05, 0) is 38.5 Å². The second-order valence-corrected chi connectivity index (χ2v) is 19.9. The largest absolute Gasteiger partial charge is 0.457 e. The van der Waals surface area contributed by atoms with Gasteiger partial charge in [0.1, 0.15) is 30.5 Å². The number of hydrogen-bond acceptors (Lipinski definition) is 11. The second-order valence-electron chi connectivity index (χ2n) is 18.8. The van der Waals surface area contributed by atoms with Gasteiger partial charge in [0.05, 0.1) is 19.8 Å². The average molecular weight is 961 g/mol. The molecule has 1 aliphatic heterocycles.